The van der Waals surface area contributed by atoms with E-state index in [4.69, 9.17) is 15.2 Å². The molecule has 0 spiro atoms. The molecule has 7 nitrogen and oxygen atoms in total. The van der Waals surface area contributed by atoms with E-state index in [0.29, 0.717) is 19.6 Å². The number of nitrogens with two attached hydrogens (primary N) is 1. The highest BCUT2D eigenvalue weighted by Crippen LogP contribution is 2.43. The van der Waals surface area contributed by atoms with Gasteiger partial charge in [0.15, 0.2) is 0 Å². The van der Waals surface area contributed by atoms with E-state index in [0.717, 1.165) is 64.2 Å². The Balaban J connectivity index is 2.05. The zero-order valence-corrected chi connectivity index (χ0v) is 20.6. The van der Waals surface area contributed by atoms with Crippen LogP contribution in [0.15, 0.2) is 0 Å². The molecular formula is C25H44N2O5. The molecule has 32 heavy (non-hydrogen) atoms. The lowest BCUT2D eigenvalue weighted by molar-refractivity contribution is -0.161. The van der Waals surface area contributed by atoms with Crippen molar-refractivity contribution in [2.75, 3.05) is 13.2 Å². The standard InChI is InChI=1S/C25H44N2O5/c1-5-31-20(29)17-24(12-8-6-9-13-24)18-27-19(28)16-25(14-10-7-11-15-25)21(26)22(30)32-23(2,3)4/h21H,5-18,26H2,1-4H3,(H,27,28). The van der Waals surface area contributed by atoms with Crippen LogP contribution in [0.2, 0.25) is 0 Å². The van der Waals surface area contributed by atoms with Gasteiger partial charge in [0.2, 0.25) is 5.91 Å². The molecule has 2 aliphatic carbocycles. The molecule has 1 amide bonds. The number of carbonyl (C=O) groups excluding carboxylic acids is 3. The zero-order valence-electron chi connectivity index (χ0n) is 20.6. The predicted molar refractivity (Wildman–Crippen MR) is 124 cm³/mol. The fourth-order valence-electron chi connectivity index (χ4n) is 5.37. The van der Waals surface area contributed by atoms with Gasteiger partial charge in [0.1, 0.15) is 11.6 Å². The second-order valence-electron chi connectivity index (χ2n) is 10.9. The summed E-state index contributed by atoms with van der Waals surface area (Å²) in [5.41, 5.74) is 4.99. The van der Waals surface area contributed by atoms with Crippen LogP contribution in [0.1, 0.15) is 105 Å². The third-order valence-electron chi connectivity index (χ3n) is 7.08. The number of hydrogen-bond acceptors (Lipinski definition) is 6. The predicted octanol–water partition coefficient (Wildman–Crippen LogP) is 4.02. The second kappa shape index (κ2) is 11.5. The number of nitrogens with one attached hydrogen (secondary N) is 1. The minimum absolute atomic E-state index is 0.0975. The van der Waals surface area contributed by atoms with Crippen LogP contribution in [0.4, 0.5) is 0 Å². The minimum Gasteiger partial charge on any atom is -0.466 e. The van der Waals surface area contributed by atoms with Gasteiger partial charge in [-0.15, -0.1) is 0 Å². The quantitative estimate of drug-likeness (QED) is 0.512. The van der Waals surface area contributed by atoms with Crippen LogP contribution in [-0.2, 0) is 23.9 Å². The summed E-state index contributed by atoms with van der Waals surface area (Å²) in [6, 6.07) is -0.823. The molecular weight excluding hydrogens is 408 g/mol. The Morgan fingerprint density at radius 1 is 0.938 bits per heavy atom. The number of rotatable bonds is 9. The van der Waals surface area contributed by atoms with Crippen LogP contribution in [0, 0.1) is 10.8 Å². The summed E-state index contributed by atoms with van der Waals surface area (Å²) in [4.78, 5) is 38.0. The lowest BCUT2D eigenvalue weighted by atomic mass is 9.66. The number of ether oxygens (including phenoxy) is 2. The largest absolute Gasteiger partial charge is 0.466 e. The van der Waals surface area contributed by atoms with Crippen LogP contribution >= 0.6 is 0 Å². The molecule has 2 aliphatic rings. The van der Waals surface area contributed by atoms with Crippen molar-refractivity contribution in [1.82, 2.24) is 5.32 Å². The molecule has 7 heteroatoms. The molecule has 184 valence electrons. The van der Waals surface area contributed by atoms with E-state index in [2.05, 4.69) is 5.32 Å². The first-order valence-corrected chi connectivity index (χ1v) is 12.4. The molecule has 2 fully saturated rings. The van der Waals surface area contributed by atoms with Crippen LogP contribution in [-0.4, -0.2) is 42.6 Å². The summed E-state index contributed by atoms with van der Waals surface area (Å²) in [6.45, 7) is 8.11. The number of hydrogen-bond donors (Lipinski definition) is 2. The topological polar surface area (TPSA) is 108 Å². The van der Waals surface area contributed by atoms with E-state index in [-0.39, 0.29) is 23.7 Å². The zero-order chi connectivity index (χ0) is 23.8. The molecule has 3 N–H and O–H groups in total. The Hall–Kier alpha value is -1.63. The highest BCUT2D eigenvalue weighted by molar-refractivity contribution is 5.81. The molecule has 0 saturated heterocycles. The van der Waals surface area contributed by atoms with Crippen molar-refractivity contribution in [3.8, 4) is 0 Å². The summed E-state index contributed by atoms with van der Waals surface area (Å²) in [7, 11) is 0. The lowest BCUT2D eigenvalue weighted by Gasteiger charge is -2.41. The van der Waals surface area contributed by atoms with Crippen molar-refractivity contribution in [2.45, 2.75) is 116 Å². The molecule has 0 radical (unpaired) electrons. The van der Waals surface area contributed by atoms with Crippen molar-refractivity contribution in [3.05, 3.63) is 0 Å². The van der Waals surface area contributed by atoms with Crippen molar-refractivity contribution >= 4 is 17.8 Å². The van der Waals surface area contributed by atoms with Crippen LogP contribution < -0.4 is 11.1 Å². The fraction of sp³-hybridized carbons (Fsp3) is 0.880. The van der Waals surface area contributed by atoms with Gasteiger partial charge in [-0.3, -0.25) is 14.4 Å². The Kier molecular flexibility index (Phi) is 9.55. The van der Waals surface area contributed by atoms with Gasteiger partial charge in [0.05, 0.1) is 13.0 Å². The van der Waals surface area contributed by atoms with E-state index in [9.17, 15) is 14.4 Å². The van der Waals surface area contributed by atoms with Crippen molar-refractivity contribution in [3.63, 3.8) is 0 Å². The summed E-state index contributed by atoms with van der Waals surface area (Å²) in [6.07, 6.45) is 10.1. The Morgan fingerprint density at radius 2 is 1.50 bits per heavy atom. The minimum atomic E-state index is -0.823. The van der Waals surface area contributed by atoms with E-state index in [1.807, 2.05) is 27.7 Å². The first-order chi connectivity index (χ1) is 15.0. The van der Waals surface area contributed by atoms with Gasteiger partial charge in [-0.05, 0) is 58.8 Å². The molecule has 2 saturated carbocycles. The second-order valence-corrected chi connectivity index (χ2v) is 10.9. The van der Waals surface area contributed by atoms with Crippen LogP contribution in [0.25, 0.3) is 0 Å². The maximum absolute atomic E-state index is 13.1. The molecule has 1 unspecified atom stereocenters. The summed E-state index contributed by atoms with van der Waals surface area (Å²) >= 11 is 0. The van der Waals surface area contributed by atoms with Gasteiger partial charge in [0, 0.05) is 18.4 Å². The fourth-order valence-corrected chi connectivity index (χ4v) is 5.37. The SMILES string of the molecule is CCOC(=O)CC1(CNC(=O)CC2(C(N)C(=O)OC(C)(C)C)CCCCC2)CCCCC1. The molecule has 0 aromatic carbocycles. The molecule has 0 aromatic rings. The molecule has 0 aliphatic heterocycles. The van der Waals surface area contributed by atoms with Crippen LogP contribution in [0.5, 0.6) is 0 Å². The molecule has 2 rings (SSSR count). The molecule has 1 atom stereocenters. The highest BCUT2D eigenvalue weighted by Gasteiger charge is 2.45. The lowest BCUT2D eigenvalue weighted by Crippen LogP contribution is -2.53. The number of esters is 2. The monoisotopic (exact) mass is 452 g/mol. The van der Waals surface area contributed by atoms with Gasteiger partial charge in [-0.1, -0.05) is 38.5 Å². The van der Waals surface area contributed by atoms with Crippen molar-refractivity contribution in [1.29, 1.82) is 0 Å². The van der Waals surface area contributed by atoms with E-state index in [1.165, 1.54) is 0 Å². The van der Waals surface area contributed by atoms with Gasteiger partial charge in [-0.2, -0.15) is 0 Å². The average Bonchev–Trinajstić information content (AvgIpc) is 2.72. The third-order valence-corrected chi connectivity index (χ3v) is 7.08. The summed E-state index contributed by atoms with van der Waals surface area (Å²) in [5, 5.41) is 3.10. The van der Waals surface area contributed by atoms with Gasteiger partial charge >= 0.3 is 11.9 Å². The number of carbonyl (C=O) groups is 3. The van der Waals surface area contributed by atoms with E-state index in [1.54, 1.807) is 0 Å². The maximum atomic E-state index is 13.1. The molecule has 0 heterocycles. The highest BCUT2D eigenvalue weighted by atomic mass is 16.6. The summed E-state index contributed by atoms with van der Waals surface area (Å²) < 4.78 is 10.7. The third kappa shape index (κ3) is 7.75. The first-order valence-electron chi connectivity index (χ1n) is 12.4. The van der Waals surface area contributed by atoms with Crippen molar-refractivity contribution in [2.24, 2.45) is 16.6 Å². The molecule has 0 aromatic heterocycles. The normalized spacial score (nSPS) is 21.3. The van der Waals surface area contributed by atoms with Gasteiger partial charge in [0.25, 0.3) is 0 Å². The van der Waals surface area contributed by atoms with Crippen LogP contribution in [0.3, 0.4) is 0 Å². The van der Waals surface area contributed by atoms with Crippen molar-refractivity contribution < 1.29 is 23.9 Å². The van der Waals surface area contributed by atoms with Gasteiger partial charge < -0.3 is 20.5 Å². The maximum Gasteiger partial charge on any atom is 0.324 e. The molecule has 0 bridgehead atoms. The smallest absolute Gasteiger partial charge is 0.324 e. The summed E-state index contributed by atoms with van der Waals surface area (Å²) in [5.74, 6) is -0.725. The van der Waals surface area contributed by atoms with Gasteiger partial charge in [-0.25, -0.2) is 0 Å². The Morgan fingerprint density at radius 3 is 2.03 bits per heavy atom. The number of amides is 1. The Labute approximate surface area is 193 Å². The first kappa shape index (κ1) is 26.6. The Bertz CT molecular complexity index is 643. The average molecular weight is 453 g/mol. The van der Waals surface area contributed by atoms with E-state index < -0.39 is 23.0 Å². The van der Waals surface area contributed by atoms with E-state index >= 15 is 0 Å².